The van der Waals surface area contributed by atoms with Crippen LogP contribution in [0.5, 0.6) is 0 Å². The predicted octanol–water partition coefficient (Wildman–Crippen LogP) is 17.0. The van der Waals surface area contributed by atoms with Gasteiger partial charge in [0.15, 0.2) is 0 Å². The molecule has 1 aliphatic heterocycles. The first-order chi connectivity index (χ1) is 30.9. The van der Waals surface area contributed by atoms with Gasteiger partial charge in [0, 0.05) is 43.3 Å². The Morgan fingerprint density at radius 1 is 0.460 bits per heavy atom. The summed E-state index contributed by atoms with van der Waals surface area (Å²) in [6, 6.07) is 71.9. The molecule has 0 saturated carbocycles. The zero-order valence-electron chi connectivity index (χ0n) is 35.6. The molecule has 1 aliphatic rings. The molecule has 0 aliphatic carbocycles. The van der Waals surface area contributed by atoms with Crippen LogP contribution in [-0.2, 0) is 0 Å². The van der Waals surface area contributed by atoms with Crippen molar-refractivity contribution in [2.75, 3.05) is 9.80 Å². The lowest BCUT2D eigenvalue weighted by Gasteiger charge is -2.30. The number of fused-ring (bicyclic) bond motifs is 4. The maximum atomic E-state index is 4.22. The second kappa shape index (κ2) is 14.4. The molecule has 11 aromatic rings. The summed E-state index contributed by atoms with van der Waals surface area (Å²) in [7, 11) is -1.88. The summed E-state index contributed by atoms with van der Waals surface area (Å²) >= 11 is 1.90. The Balaban J connectivity index is 1.09. The molecule has 63 heavy (non-hydrogen) atoms. The van der Waals surface area contributed by atoms with Crippen molar-refractivity contribution in [3.8, 4) is 11.1 Å². The number of rotatable bonds is 8. The number of nitrogens with zero attached hydrogens (tertiary/aromatic N) is 2. The van der Waals surface area contributed by atoms with E-state index in [1.165, 1.54) is 102 Å². The number of anilines is 6. The van der Waals surface area contributed by atoms with E-state index in [1.54, 1.807) is 0 Å². The highest BCUT2D eigenvalue weighted by atomic mass is 32.1. The van der Waals surface area contributed by atoms with Gasteiger partial charge in [0.25, 0.3) is 0 Å². The van der Waals surface area contributed by atoms with Crippen molar-refractivity contribution in [3.05, 3.63) is 218 Å². The molecule has 4 heteroatoms. The Morgan fingerprint density at radius 2 is 1.02 bits per heavy atom. The van der Waals surface area contributed by atoms with E-state index in [2.05, 4.69) is 237 Å². The van der Waals surface area contributed by atoms with Gasteiger partial charge in [0.2, 0.25) is 0 Å². The minimum absolute atomic E-state index is 1.13. The van der Waals surface area contributed by atoms with Crippen molar-refractivity contribution in [2.24, 2.45) is 0 Å². The lowest BCUT2D eigenvalue weighted by molar-refractivity contribution is 1.30. The van der Waals surface area contributed by atoms with E-state index in [0.29, 0.717) is 0 Å². The fourth-order valence-electron chi connectivity index (χ4n) is 10.4. The third-order valence-corrected chi connectivity index (χ3v) is 18.9. The number of para-hydroxylation sites is 2. The van der Waals surface area contributed by atoms with E-state index in [-0.39, 0.29) is 0 Å². The average molecular weight is 841 g/mol. The molecule has 12 rings (SSSR count). The van der Waals surface area contributed by atoms with Crippen molar-refractivity contribution in [1.82, 2.24) is 0 Å². The van der Waals surface area contributed by atoms with Crippen LogP contribution in [0.3, 0.4) is 0 Å². The second-order valence-electron chi connectivity index (χ2n) is 17.3. The first kappa shape index (κ1) is 37.5. The first-order valence-corrected chi connectivity index (χ1v) is 25.6. The summed E-state index contributed by atoms with van der Waals surface area (Å²) in [4.78, 5) is 4.97. The molecule has 0 unspecified atom stereocenters. The van der Waals surface area contributed by atoms with Crippen molar-refractivity contribution in [2.45, 2.75) is 20.0 Å². The summed E-state index contributed by atoms with van der Waals surface area (Å²) in [5.41, 5.74) is 12.1. The van der Waals surface area contributed by atoms with E-state index in [9.17, 15) is 0 Å². The monoisotopic (exact) mass is 840 g/mol. The van der Waals surface area contributed by atoms with Gasteiger partial charge in [0.1, 0.15) is 8.07 Å². The molecule has 0 N–H and O–H groups in total. The normalized spacial score (nSPS) is 13.4. The molecule has 300 valence electrons. The van der Waals surface area contributed by atoms with Crippen LogP contribution in [0, 0.1) is 0 Å². The third kappa shape index (κ3) is 5.68. The van der Waals surface area contributed by atoms with Crippen LogP contribution < -0.4 is 15.0 Å². The summed E-state index contributed by atoms with van der Waals surface area (Å²) in [5.74, 6) is 0. The molecule has 1 aromatic heterocycles. The van der Waals surface area contributed by atoms with E-state index in [0.717, 1.165) is 17.1 Å². The maximum absolute atomic E-state index is 4.22. The largest absolute Gasteiger partial charge is 0.310 e. The van der Waals surface area contributed by atoms with E-state index in [4.69, 9.17) is 0 Å². The fourth-order valence-corrected chi connectivity index (χ4v) is 14.5. The van der Waals surface area contributed by atoms with Crippen molar-refractivity contribution >= 4 is 117 Å². The van der Waals surface area contributed by atoms with Gasteiger partial charge < -0.3 is 9.80 Å². The molecular formula is C59H44N2SSi. The topological polar surface area (TPSA) is 6.48 Å². The third-order valence-electron chi connectivity index (χ3n) is 13.7. The molecular weight excluding hydrogens is 797 g/mol. The molecule has 0 bridgehead atoms. The van der Waals surface area contributed by atoms with Crippen LogP contribution in [0.4, 0.5) is 34.1 Å². The Kier molecular flexibility index (Phi) is 8.59. The number of allylic oxidation sites excluding steroid dienone is 3. The maximum Gasteiger partial charge on any atom is 0.108 e. The molecule has 0 saturated heterocycles. The van der Waals surface area contributed by atoms with Gasteiger partial charge in [0.05, 0.1) is 21.8 Å². The van der Waals surface area contributed by atoms with Gasteiger partial charge in [-0.15, -0.1) is 11.3 Å². The number of benzene rings is 10. The van der Waals surface area contributed by atoms with Crippen LogP contribution in [-0.4, -0.2) is 8.07 Å². The Bertz CT molecular complexity index is 3620. The van der Waals surface area contributed by atoms with Crippen molar-refractivity contribution in [3.63, 3.8) is 0 Å². The average Bonchev–Trinajstić information content (AvgIpc) is 3.81. The lowest BCUT2D eigenvalue weighted by atomic mass is 9.91. The predicted molar refractivity (Wildman–Crippen MR) is 278 cm³/mol. The van der Waals surface area contributed by atoms with E-state index in [1.807, 2.05) is 11.3 Å². The fraction of sp³-hybridized carbons (Fsp3) is 0.0508. The van der Waals surface area contributed by atoms with Gasteiger partial charge in [-0.1, -0.05) is 170 Å². The molecule has 0 atom stereocenters. The molecule has 2 nitrogen and oxygen atoms in total. The molecule has 0 radical (unpaired) electrons. The second-order valence-corrected chi connectivity index (χ2v) is 22.9. The zero-order valence-corrected chi connectivity index (χ0v) is 37.4. The number of hydrogen-bond donors (Lipinski definition) is 0. The summed E-state index contributed by atoms with van der Waals surface area (Å²) in [5, 5.41) is 13.0. The van der Waals surface area contributed by atoms with Crippen molar-refractivity contribution in [1.29, 1.82) is 0 Å². The quantitative estimate of drug-likeness (QED) is 0.111. The summed E-state index contributed by atoms with van der Waals surface area (Å²) in [6.45, 7) is 11.5. The first-order valence-electron chi connectivity index (χ1n) is 21.8. The molecule has 0 amide bonds. The Labute approximate surface area is 373 Å². The molecule has 2 heterocycles. The Hall–Kier alpha value is -7.24. The minimum Gasteiger partial charge on any atom is -0.310 e. The van der Waals surface area contributed by atoms with Crippen molar-refractivity contribution < 1.29 is 0 Å². The minimum atomic E-state index is -1.88. The van der Waals surface area contributed by atoms with E-state index < -0.39 is 8.07 Å². The smallest absolute Gasteiger partial charge is 0.108 e. The molecule has 10 aromatic carbocycles. The molecule has 0 spiro atoms. The number of hydrogen-bond acceptors (Lipinski definition) is 3. The van der Waals surface area contributed by atoms with Gasteiger partial charge in [-0.05, 0) is 111 Å². The van der Waals surface area contributed by atoms with Crippen LogP contribution in [0.15, 0.2) is 212 Å². The summed E-state index contributed by atoms with van der Waals surface area (Å²) < 4.78 is 2.59. The van der Waals surface area contributed by atoms with Gasteiger partial charge in [-0.25, -0.2) is 0 Å². The standard InChI is InChI=1S/C59H44N2SSi/c1-5-45-38(2)63(3,4)55-37-44(31-34-47(45)55)60(42-19-11-7-12-20-42)52-35-29-40-28-33-51-53(36-30-41-27-32-50(52)56(40)57(41)51)61(43-21-13-8-14-22-43)54-26-16-25-49-48-24-15-23-46(58(48)62-59(49)54)39-17-9-6-10-18-39/h5-37H,1H2,2-4H3. The van der Waals surface area contributed by atoms with Gasteiger partial charge in [-0.2, -0.15) is 0 Å². The lowest BCUT2D eigenvalue weighted by Crippen LogP contribution is -2.41. The molecule has 0 fully saturated rings. The highest BCUT2D eigenvalue weighted by molar-refractivity contribution is 7.27. The zero-order chi connectivity index (χ0) is 42.4. The van der Waals surface area contributed by atoms with Crippen LogP contribution in [0.1, 0.15) is 12.5 Å². The highest BCUT2D eigenvalue weighted by Crippen LogP contribution is 2.51. The van der Waals surface area contributed by atoms with E-state index >= 15 is 0 Å². The Morgan fingerprint density at radius 3 is 1.65 bits per heavy atom. The van der Waals surface area contributed by atoms with Crippen LogP contribution in [0.25, 0.3) is 69.2 Å². The van der Waals surface area contributed by atoms with Gasteiger partial charge >= 0.3 is 0 Å². The SMILES string of the molecule is C=CC1=C(C)[Si](C)(C)c2cc(N(c3ccccc3)c3ccc4ccc5c(N(c6ccccc6)c6cccc7c6sc6c(-c8ccccc8)cccc67)ccc6ccc3c4c65)ccc21. The highest BCUT2D eigenvalue weighted by Gasteiger charge is 2.37. The van der Waals surface area contributed by atoms with Gasteiger partial charge in [-0.3, -0.25) is 0 Å². The number of thiophene rings is 1. The van der Waals surface area contributed by atoms with Crippen LogP contribution >= 0.6 is 11.3 Å². The van der Waals surface area contributed by atoms with Crippen LogP contribution in [0.2, 0.25) is 13.1 Å². The summed E-state index contributed by atoms with van der Waals surface area (Å²) in [6.07, 6.45) is 2.06.